The standard InChI is InChI=1S/C11H13FO2S/c1-9-2-4-11(5-3-9)15(14)8-10(13)6-7-12/h2-5H,6-8H2,1H3/t15-/m1/s1. The van der Waals surface area contributed by atoms with Gasteiger partial charge in [-0.05, 0) is 19.1 Å². The van der Waals surface area contributed by atoms with Crippen molar-refractivity contribution in [2.24, 2.45) is 0 Å². The molecule has 0 bridgehead atoms. The van der Waals surface area contributed by atoms with Crippen molar-refractivity contribution in [3.8, 4) is 0 Å². The summed E-state index contributed by atoms with van der Waals surface area (Å²) >= 11 is 0. The molecule has 0 amide bonds. The lowest BCUT2D eigenvalue weighted by atomic mass is 10.2. The van der Waals surface area contributed by atoms with Crippen LogP contribution in [-0.2, 0) is 15.6 Å². The van der Waals surface area contributed by atoms with Crippen LogP contribution in [0.2, 0.25) is 0 Å². The first kappa shape index (κ1) is 12.0. The molecule has 4 heteroatoms. The van der Waals surface area contributed by atoms with Gasteiger partial charge < -0.3 is 0 Å². The number of rotatable bonds is 5. The number of hydrogen-bond donors (Lipinski definition) is 0. The van der Waals surface area contributed by atoms with E-state index in [4.69, 9.17) is 0 Å². The first-order valence-corrected chi connectivity index (χ1v) is 5.98. The second-order valence-electron chi connectivity index (χ2n) is 3.28. The Morgan fingerprint density at radius 3 is 2.47 bits per heavy atom. The fourth-order valence-corrected chi connectivity index (χ4v) is 2.14. The maximum atomic E-state index is 11.8. The van der Waals surface area contributed by atoms with Gasteiger partial charge in [-0.25, -0.2) is 0 Å². The van der Waals surface area contributed by atoms with Crippen molar-refractivity contribution in [3.63, 3.8) is 0 Å². The highest BCUT2D eigenvalue weighted by Crippen LogP contribution is 2.08. The third kappa shape index (κ3) is 3.91. The van der Waals surface area contributed by atoms with Crippen LogP contribution in [0.15, 0.2) is 29.2 Å². The summed E-state index contributed by atoms with van der Waals surface area (Å²) in [6.45, 7) is 1.25. The van der Waals surface area contributed by atoms with Crippen LogP contribution in [0.3, 0.4) is 0 Å². The maximum absolute atomic E-state index is 11.8. The Labute approximate surface area is 91.0 Å². The van der Waals surface area contributed by atoms with Crippen LogP contribution in [0.1, 0.15) is 12.0 Å². The molecular weight excluding hydrogens is 215 g/mol. The molecule has 1 aromatic rings. The van der Waals surface area contributed by atoms with Crippen LogP contribution < -0.4 is 0 Å². The zero-order valence-electron chi connectivity index (χ0n) is 8.53. The Balaban J connectivity index is 2.61. The molecule has 0 aliphatic rings. The number of ketones is 1. The molecule has 0 radical (unpaired) electrons. The molecule has 1 atom stereocenters. The SMILES string of the molecule is Cc1ccc([S@](=O)CC(=O)CCF)cc1. The van der Waals surface area contributed by atoms with Crippen molar-refractivity contribution in [1.29, 1.82) is 0 Å². The molecule has 1 aromatic carbocycles. The summed E-state index contributed by atoms with van der Waals surface area (Å²) in [5.74, 6) is -0.385. The normalized spacial score (nSPS) is 12.4. The third-order valence-electron chi connectivity index (χ3n) is 1.95. The van der Waals surface area contributed by atoms with Crippen LogP contribution in [0.5, 0.6) is 0 Å². The molecular formula is C11H13FO2S. The summed E-state index contributed by atoms with van der Waals surface area (Å²) in [6.07, 6.45) is -0.141. The fourth-order valence-electron chi connectivity index (χ4n) is 1.10. The Hall–Kier alpha value is -1.03. The van der Waals surface area contributed by atoms with Gasteiger partial charge >= 0.3 is 0 Å². The smallest absolute Gasteiger partial charge is 0.148 e. The van der Waals surface area contributed by atoms with Crippen LogP contribution in [-0.4, -0.2) is 22.4 Å². The average molecular weight is 228 g/mol. The van der Waals surface area contributed by atoms with Crippen LogP contribution >= 0.6 is 0 Å². The van der Waals surface area contributed by atoms with Crippen molar-refractivity contribution in [1.82, 2.24) is 0 Å². The lowest BCUT2D eigenvalue weighted by Gasteiger charge is -2.01. The molecule has 0 aliphatic carbocycles. The number of hydrogen-bond acceptors (Lipinski definition) is 2. The molecule has 0 heterocycles. The highest BCUT2D eigenvalue weighted by atomic mass is 32.2. The lowest BCUT2D eigenvalue weighted by Crippen LogP contribution is -2.11. The highest BCUT2D eigenvalue weighted by molar-refractivity contribution is 7.85. The van der Waals surface area contributed by atoms with Crippen LogP contribution in [0, 0.1) is 6.92 Å². The van der Waals surface area contributed by atoms with E-state index >= 15 is 0 Å². The zero-order chi connectivity index (χ0) is 11.3. The second kappa shape index (κ2) is 5.75. The number of benzene rings is 1. The van der Waals surface area contributed by atoms with Gasteiger partial charge in [0.2, 0.25) is 0 Å². The number of halogens is 1. The molecule has 0 saturated carbocycles. The van der Waals surface area contributed by atoms with Crippen LogP contribution in [0.25, 0.3) is 0 Å². The summed E-state index contributed by atoms with van der Waals surface area (Å²) in [5.41, 5.74) is 1.07. The molecule has 0 aliphatic heterocycles. The quantitative estimate of drug-likeness (QED) is 0.772. The minimum absolute atomic E-state index is 0.0903. The van der Waals surface area contributed by atoms with Gasteiger partial charge in [0.1, 0.15) is 5.78 Å². The molecule has 0 saturated heterocycles. The molecule has 0 unspecified atom stereocenters. The maximum Gasteiger partial charge on any atom is 0.148 e. The van der Waals surface area contributed by atoms with E-state index < -0.39 is 17.5 Å². The summed E-state index contributed by atoms with van der Waals surface area (Å²) in [6, 6.07) is 7.14. The van der Waals surface area contributed by atoms with Gasteiger partial charge in [-0.3, -0.25) is 13.4 Å². The summed E-state index contributed by atoms with van der Waals surface area (Å²) in [7, 11) is -1.34. The van der Waals surface area contributed by atoms with Crippen LogP contribution in [0.4, 0.5) is 4.39 Å². The van der Waals surface area contributed by atoms with E-state index in [9.17, 15) is 13.4 Å². The molecule has 0 aromatic heterocycles. The molecule has 0 fully saturated rings. The number of carbonyl (C=O) groups is 1. The van der Waals surface area contributed by atoms with Crippen molar-refractivity contribution in [2.75, 3.05) is 12.4 Å². The summed E-state index contributed by atoms with van der Waals surface area (Å²) in [5, 5.41) is 0. The van der Waals surface area contributed by atoms with Crippen molar-refractivity contribution >= 4 is 16.6 Å². The Bertz CT molecular complexity index is 359. The minimum atomic E-state index is -1.34. The average Bonchev–Trinajstić information content (AvgIpc) is 2.18. The van der Waals surface area contributed by atoms with Crippen molar-refractivity contribution in [2.45, 2.75) is 18.2 Å². The first-order valence-electron chi connectivity index (χ1n) is 4.66. The van der Waals surface area contributed by atoms with E-state index in [1.807, 2.05) is 19.1 Å². The van der Waals surface area contributed by atoms with Gasteiger partial charge in [-0.1, -0.05) is 17.7 Å². The number of aryl methyl sites for hydroxylation is 1. The number of Topliss-reactive ketones (excluding diaryl/α,β-unsaturated/α-hetero) is 1. The van der Waals surface area contributed by atoms with E-state index in [0.29, 0.717) is 4.90 Å². The lowest BCUT2D eigenvalue weighted by molar-refractivity contribution is -0.116. The topological polar surface area (TPSA) is 34.1 Å². The highest BCUT2D eigenvalue weighted by Gasteiger charge is 2.09. The van der Waals surface area contributed by atoms with E-state index in [1.165, 1.54) is 0 Å². The number of alkyl halides is 1. The zero-order valence-corrected chi connectivity index (χ0v) is 9.35. The molecule has 0 spiro atoms. The van der Waals surface area contributed by atoms with Crippen molar-refractivity contribution in [3.05, 3.63) is 29.8 Å². The summed E-state index contributed by atoms with van der Waals surface area (Å²) in [4.78, 5) is 11.7. The van der Waals surface area contributed by atoms with Gasteiger partial charge in [0.15, 0.2) is 0 Å². The van der Waals surface area contributed by atoms with E-state index in [-0.39, 0.29) is 18.0 Å². The van der Waals surface area contributed by atoms with Gasteiger partial charge in [0.05, 0.1) is 23.2 Å². The predicted octanol–water partition coefficient (Wildman–Crippen LogP) is 2.03. The van der Waals surface area contributed by atoms with Gasteiger partial charge in [-0.2, -0.15) is 0 Å². The Kier molecular flexibility index (Phi) is 4.62. The predicted molar refractivity (Wildman–Crippen MR) is 58.1 cm³/mol. The van der Waals surface area contributed by atoms with Crippen molar-refractivity contribution < 1.29 is 13.4 Å². The minimum Gasteiger partial charge on any atom is -0.299 e. The van der Waals surface area contributed by atoms with E-state index in [2.05, 4.69) is 0 Å². The third-order valence-corrected chi connectivity index (χ3v) is 3.33. The molecule has 82 valence electrons. The largest absolute Gasteiger partial charge is 0.299 e. The molecule has 2 nitrogen and oxygen atoms in total. The van der Waals surface area contributed by atoms with Gasteiger partial charge in [-0.15, -0.1) is 0 Å². The monoisotopic (exact) mass is 228 g/mol. The Morgan fingerprint density at radius 1 is 1.33 bits per heavy atom. The first-order chi connectivity index (χ1) is 7.13. The second-order valence-corrected chi connectivity index (χ2v) is 4.73. The van der Waals surface area contributed by atoms with E-state index in [1.54, 1.807) is 12.1 Å². The summed E-state index contributed by atoms with van der Waals surface area (Å²) < 4.78 is 23.4. The van der Waals surface area contributed by atoms with Gasteiger partial charge in [0.25, 0.3) is 0 Å². The molecule has 0 N–H and O–H groups in total. The molecule has 15 heavy (non-hydrogen) atoms. The van der Waals surface area contributed by atoms with Gasteiger partial charge in [0, 0.05) is 11.3 Å². The number of carbonyl (C=O) groups excluding carboxylic acids is 1. The van der Waals surface area contributed by atoms with E-state index in [0.717, 1.165) is 5.56 Å². The fraction of sp³-hybridized carbons (Fsp3) is 0.364. The molecule has 1 rings (SSSR count). The Morgan fingerprint density at radius 2 is 1.93 bits per heavy atom.